The molecule has 0 aromatic heterocycles. The van der Waals surface area contributed by atoms with Crippen LogP contribution < -0.4 is 26.2 Å². The Bertz CT molecular complexity index is 2440. The van der Waals surface area contributed by atoms with E-state index in [0.717, 1.165) is 34.0 Å². The van der Waals surface area contributed by atoms with Crippen molar-refractivity contribution in [2.45, 2.75) is 0 Å². The van der Waals surface area contributed by atoms with Gasteiger partial charge in [0.05, 0.1) is 0 Å². The zero-order valence-electron chi connectivity index (χ0n) is 26.0. The molecule has 0 unspecified atom stereocenters. The van der Waals surface area contributed by atoms with Gasteiger partial charge in [0.1, 0.15) is 33.9 Å². The van der Waals surface area contributed by atoms with Crippen LogP contribution >= 0.6 is 0 Å². The molecule has 2 aliphatic heterocycles. The number of phenols is 1. The van der Waals surface area contributed by atoms with E-state index in [4.69, 9.17) is 18.3 Å². The highest BCUT2D eigenvalue weighted by atomic mass is 16.7. The second-order valence-electron chi connectivity index (χ2n) is 10.9. The highest BCUT2D eigenvalue weighted by Crippen LogP contribution is 2.29. The maximum Gasteiger partial charge on any atom is 0.188 e. The van der Waals surface area contributed by atoms with Crippen LogP contribution in [-0.2, 0) is 4.74 Å². The van der Waals surface area contributed by atoms with Gasteiger partial charge in [0.15, 0.2) is 40.3 Å². The summed E-state index contributed by atoms with van der Waals surface area (Å²) in [5.41, 5.74) is 7.16. The van der Waals surface area contributed by atoms with Crippen molar-refractivity contribution in [2.75, 3.05) is 24.5 Å². The van der Waals surface area contributed by atoms with Gasteiger partial charge in [-0.3, -0.25) is 9.59 Å². The van der Waals surface area contributed by atoms with Gasteiger partial charge in [-0.2, -0.15) is 0 Å². The molecule has 0 bridgehead atoms. The van der Waals surface area contributed by atoms with Gasteiger partial charge in [-0.05, 0) is 97.1 Å². The molecule has 2 aliphatic carbocycles. The van der Waals surface area contributed by atoms with Crippen molar-refractivity contribution < 1.29 is 23.4 Å². The van der Waals surface area contributed by atoms with Crippen LogP contribution in [0.25, 0.3) is 45.1 Å². The van der Waals surface area contributed by atoms with E-state index in [0.29, 0.717) is 39.6 Å². The molecule has 0 spiro atoms. The number of hydrogen-bond acceptors (Lipinski definition) is 11. The van der Waals surface area contributed by atoms with Crippen LogP contribution in [0.4, 0.5) is 22.7 Å². The maximum atomic E-state index is 11.5. The largest absolute Gasteiger partial charge is 0.508 e. The van der Waals surface area contributed by atoms with Crippen LogP contribution in [0.1, 0.15) is 0 Å². The normalized spacial score (nSPS) is 11.0. The number of fused-ring (bicyclic) bond motifs is 4. The number of benzene rings is 6. The lowest BCUT2D eigenvalue weighted by Gasteiger charge is -2.10. The summed E-state index contributed by atoms with van der Waals surface area (Å²) in [7, 11) is 1.58. The molecule has 4 aromatic rings. The molecular weight excluding hydrogens is 624 g/mol. The van der Waals surface area contributed by atoms with Crippen molar-refractivity contribution in [3.63, 3.8) is 0 Å². The number of nitrogens with one attached hydrogen (secondary N) is 2. The average Bonchev–Trinajstić information content (AvgIpc) is 3.11. The van der Waals surface area contributed by atoms with E-state index in [1.807, 2.05) is 60.7 Å². The smallest absolute Gasteiger partial charge is 0.188 e. The number of hydrogen-bond donors (Lipinski definition) is 3. The van der Waals surface area contributed by atoms with Crippen LogP contribution in [0.2, 0.25) is 0 Å². The predicted molar refractivity (Wildman–Crippen MR) is 187 cm³/mol. The van der Waals surface area contributed by atoms with E-state index in [9.17, 15) is 14.7 Å². The molecule has 0 atom stereocenters. The fourth-order valence-corrected chi connectivity index (χ4v) is 5.01. The van der Waals surface area contributed by atoms with E-state index in [-0.39, 0.29) is 23.4 Å². The second-order valence-corrected chi connectivity index (χ2v) is 10.9. The van der Waals surface area contributed by atoms with E-state index < -0.39 is 0 Å². The summed E-state index contributed by atoms with van der Waals surface area (Å²) in [5.74, 6) is 1.89. The van der Waals surface area contributed by atoms with E-state index in [1.54, 1.807) is 43.5 Å². The number of phenolic OH excluding ortho intramolecular Hbond substituents is 1. The number of aromatic hydroxyl groups is 1. The van der Waals surface area contributed by atoms with Crippen molar-refractivity contribution in [2.24, 2.45) is 0 Å². The van der Waals surface area contributed by atoms with Gasteiger partial charge in [-0.15, -0.1) is 0 Å². The van der Waals surface area contributed by atoms with Crippen LogP contribution in [0.5, 0.6) is 11.5 Å². The monoisotopic (exact) mass is 652 g/mol. The summed E-state index contributed by atoms with van der Waals surface area (Å²) in [6.45, 7) is 0.213. The third-order valence-electron chi connectivity index (χ3n) is 7.35. The van der Waals surface area contributed by atoms with E-state index in [1.165, 1.54) is 24.3 Å². The third kappa shape index (κ3) is 7.32. The Morgan fingerprint density at radius 2 is 1.06 bits per heavy atom. The standard InChI is InChI=1S/C20H16N2O4.C18H12N2O3/c1-24-12-25-16-6-2-13(3-7-16)21-14-4-8-17-19(10-14)26-20-11-15(23)5-9-18(20)22-17;21-13-4-1-11(2-5-13)19-12-3-7-15-17(9-12)23-18-10-14(22)6-8-16(18)20-15/h2-11,21H,12H2,1H3;1-10,19,21H. The Morgan fingerprint density at radius 3 is 1.55 bits per heavy atom. The Morgan fingerprint density at radius 1 is 0.592 bits per heavy atom. The number of methoxy groups -OCH3 is 1. The highest BCUT2D eigenvalue weighted by Gasteiger charge is 2.11. The molecule has 0 amide bonds. The first-order chi connectivity index (χ1) is 23.9. The van der Waals surface area contributed by atoms with Crippen molar-refractivity contribution in [3.05, 3.63) is 142 Å². The van der Waals surface area contributed by atoms with Crippen LogP contribution in [0, 0.1) is 0 Å². The fraction of sp³-hybridized carbons (Fsp3) is 0.0526. The Balaban J connectivity index is 0.000000155. The lowest BCUT2D eigenvalue weighted by atomic mass is 10.2. The number of anilines is 4. The number of rotatable bonds is 7. The molecule has 2 heterocycles. The molecule has 11 heteroatoms. The topological polar surface area (TPSA) is 149 Å². The SMILES string of the molecule is COCOc1ccc(Nc2ccc3nc4ccc(=O)cc-4oc3c2)cc1.O=c1ccc2nc3ccc(Nc4ccc(O)cc4)cc3oc-2c1. The minimum absolute atomic E-state index is 0.104. The van der Waals surface area contributed by atoms with Crippen molar-refractivity contribution in [3.8, 4) is 34.4 Å². The Kier molecular flexibility index (Phi) is 8.55. The molecule has 11 nitrogen and oxygen atoms in total. The van der Waals surface area contributed by atoms with Crippen LogP contribution in [0.15, 0.2) is 140 Å². The van der Waals surface area contributed by atoms with Crippen molar-refractivity contribution in [1.82, 2.24) is 9.97 Å². The lowest BCUT2D eigenvalue weighted by Crippen LogP contribution is -1.99. The molecule has 0 saturated heterocycles. The molecule has 49 heavy (non-hydrogen) atoms. The Labute approximate surface area is 278 Å². The van der Waals surface area contributed by atoms with Crippen LogP contribution in [0.3, 0.4) is 0 Å². The maximum absolute atomic E-state index is 11.5. The average molecular weight is 653 g/mol. The quantitative estimate of drug-likeness (QED) is 0.0881. The van der Waals surface area contributed by atoms with Gasteiger partial charge in [0.2, 0.25) is 0 Å². The molecule has 3 N–H and O–H groups in total. The predicted octanol–water partition coefficient (Wildman–Crippen LogP) is 7.76. The highest BCUT2D eigenvalue weighted by molar-refractivity contribution is 5.82. The van der Waals surface area contributed by atoms with E-state index in [2.05, 4.69) is 20.6 Å². The van der Waals surface area contributed by atoms with Gasteiger partial charge >= 0.3 is 0 Å². The summed E-state index contributed by atoms with van der Waals surface area (Å²) < 4.78 is 21.9. The molecule has 8 rings (SSSR count). The molecule has 0 radical (unpaired) electrons. The molecule has 4 aromatic carbocycles. The minimum atomic E-state index is -0.110. The van der Waals surface area contributed by atoms with Gasteiger partial charge in [-0.1, -0.05) is 0 Å². The molecule has 242 valence electrons. The summed E-state index contributed by atoms with van der Waals surface area (Å²) in [4.78, 5) is 31.9. The minimum Gasteiger partial charge on any atom is -0.508 e. The van der Waals surface area contributed by atoms with Gasteiger partial charge in [0, 0.05) is 54.1 Å². The van der Waals surface area contributed by atoms with Gasteiger partial charge < -0.3 is 34.0 Å². The lowest BCUT2D eigenvalue weighted by molar-refractivity contribution is 0.0511. The third-order valence-corrected chi connectivity index (χ3v) is 7.35. The Hall–Kier alpha value is -6.72. The summed E-state index contributed by atoms with van der Waals surface area (Å²) in [5, 5.41) is 15.8. The van der Waals surface area contributed by atoms with E-state index >= 15 is 0 Å². The number of aromatic nitrogens is 2. The molecule has 4 aliphatic rings. The molecular formula is C38H28N4O7. The fourth-order valence-electron chi connectivity index (χ4n) is 5.01. The van der Waals surface area contributed by atoms with Crippen molar-refractivity contribution >= 4 is 44.9 Å². The molecule has 0 fully saturated rings. The summed E-state index contributed by atoms with van der Waals surface area (Å²) in [6, 6.07) is 34.7. The first-order valence-electron chi connectivity index (χ1n) is 15.1. The zero-order chi connectivity index (χ0) is 33.7. The molecule has 0 saturated carbocycles. The first-order valence-corrected chi connectivity index (χ1v) is 15.1. The first kappa shape index (κ1) is 30.9. The number of nitrogens with zero attached hydrogens (tertiary/aromatic N) is 2. The van der Waals surface area contributed by atoms with Gasteiger partial charge in [-0.25, -0.2) is 9.97 Å². The number of ether oxygens (including phenoxy) is 2. The van der Waals surface area contributed by atoms with Crippen LogP contribution in [-0.4, -0.2) is 29.0 Å². The second kappa shape index (κ2) is 13.6. The summed E-state index contributed by atoms with van der Waals surface area (Å²) in [6.07, 6.45) is 0. The van der Waals surface area contributed by atoms with Crippen molar-refractivity contribution in [1.29, 1.82) is 0 Å². The zero-order valence-corrected chi connectivity index (χ0v) is 26.0. The summed E-state index contributed by atoms with van der Waals surface area (Å²) >= 11 is 0. The van der Waals surface area contributed by atoms with Gasteiger partial charge in [0.25, 0.3) is 0 Å².